The molecule has 12 atom stereocenters. The molecule has 0 unspecified atom stereocenters. The van der Waals surface area contributed by atoms with Crippen LogP contribution < -0.4 is 69.5 Å². The molecule has 33 nitrogen and oxygen atoms in total. The van der Waals surface area contributed by atoms with Crippen LogP contribution in [0.1, 0.15) is 110 Å². The summed E-state index contributed by atoms with van der Waals surface area (Å²) in [6, 6.07) is -7.60. The molecule has 0 spiro atoms. The zero-order valence-corrected chi connectivity index (χ0v) is 58.8. The molecule has 4 aliphatic rings. The molecule has 2 bridgehead atoms. The van der Waals surface area contributed by atoms with Crippen LogP contribution in [0.2, 0.25) is 0 Å². The first-order valence-electron chi connectivity index (χ1n) is 32.8. The molecule has 99 heavy (non-hydrogen) atoms. The summed E-state index contributed by atoms with van der Waals surface area (Å²) in [5, 5.41) is 63.7. The van der Waals surface area contributed by atoms with Crippen molar-refractivity contribution in [3.8, 4) is 5.75 Å². The molecule has 1 aromatic heterocycles. The molecule has 37 heteroatoms. The number of carboxylic acids is 1. The van der Waals surface area contributed by atoms with Gasteiger partial charge in [0.05, 0.1) is 31.9 Å². The van der Waals surface area contributed by atoms with Crippen molar-refractivity contribution < 1.29 is 82.4 Å². The van der Waals surface area contributed by atoms with E-state index in [-0.39, 0.29) is 98.6 Å². The third kappa shape index (κ3) is 27.3. The first kappa shape index (κ1) is 80.1. The van der Waals surface area contributed by atoms with E-state index < -0.39 is 194 Å². The summed E-state index contributed by atoms with van der Waals surface area (Å²) in [7, 11) is 4.37. The molecule has 0 saturated carbocycles. The van der Waals surface area contributed by atoms with Crippen LogP contribution in [0, 0.1) is 11.8 Å². The number of hydrogen-bond donors (Lipinski definition) is 17. The number of aliphatic carboxylic acids is 1. The normalized spacial score (nSPS) is 26.2. The minimum Gasteiger partial charge on any atom is -0.508 e. The van der Waals surface area contributed by atoms with Gasteiger partial charge >= 0.3 is 5.97 Å². The number of nitrogens with zero attached hydrogens (tertiary/aromatic N) is 2. The smallest absolute Gasteiger partial charge is 0.305 e. The van der Waals surface area contributed by atoms with Crippen LogP contribution >= 0.6 is 43.2 Å². The fraction of sp³-hybridized carbons (Fsp3) is 0.629. The van der Waals surface area contributed by atoms with Crippen LogP contribution in [0.5, 0.6) is 5.75 Å². The van der Waals surface area contributed by atoms with Gasteiger partial charge in [-0.3, -0.25) is 67.1 Å². The van der Waals surface area contributed by atoms with E-state index in [1.54, 1.807) is 13.8 Å². The number of imidazole rings is 1. The van der Waals surface area contributed by atoms with E-state index in [4.69, 9.17) is 5.73 Å². The lowest BCUT2D eigenvalue weighted by Crippen LogP contribution is -2.59. The molecular weight excluding hydrogens is 1370 g/mol. The fourth-order valence-corrected chi connectivity index (χ4v) is 16.2. The number of rotatable bonds is 19. The number of phenolic OH excluding ortho intramolecular Hbond substituents is 1. The Kier molecular flexibility index (Phi) is 32.7. The molecule has 4 fully saturated rings. The van der Waals surface area contributed by atoms with E-state index in [0.29, 0.717) is 24.1 Å². The standard InChI is InChI=1S/C62H92N16O17S4/c1-32(2)17-43-58(91)69-37-22-50(84)74-45(19-35-24-64-31-67-35)62(95)78-16-14-46(80)55(78)61(94)71-39(23-53(87)88)30-99-98-29-38(70-60(93)54(33(3)4)77-52(86)26-66-56(89)42-12-13-47(81)72-42)21-49(83)68-36(27-96-97-28-37)20-48(82)65-25-51(85)73-44(18-34-8-10-40(79)11-9-34)59(92)75-41(57(90)76-43)7-5-6-15-63/h8-11,24,31-33,36-39,41-46,54-55,79-80H,5-7,12-23,25-30,63H2,1-4H3,(H,64,67)(H,65,82)(H,66,89)(H,68,83)(H,69,91)(H,70,93)(H,71,94)(H,72,81)(H,73,85)(H,74,84)(H,75,92)(H,76,90)(H,77,86)(H,87,88)/t36-,37+,38-,39-,41+,42+,43+,44+,45+,46+,54+,55+/m1/s1. The van der Waals surface area contributed by atoms with Crippen molar-refractivity contribution >= 4 is 126 Å². The van der Waals surface area contributed by atoms with Gasteiger partial charge in [-0.05, 0) is 74.6 Å². The number of carbonyl (C=O) groups excluding carboxylic acids is 13. The third-order valence-corrected chi connectivity index (χ3v) is 21.4. The Bertz CT molecular complexity index is 3150. The van der Waals surface area contributed by atoms with Crippen LogP contribution in [0.25, 0.3) is 0 Å². The first-order chi connectivity index (χ1) is 47.1. The quantitative estimate of drug-likeness (QED) is 0.0492. The van der Waals surface area contributed by atoms with Crippen LogP contribution in [0.3, 0.4) is 0 Å². The number of carbonyl (C=O) groups is 14. The molecule has 5 heterocycles. The number of unbranched alkanes of at least 4 members (excludes halogenated alkanes) is 1. The number of aromatic amines is 1. The third-order valence-electron chi connectivity index (χ3n) is 16.3. The number of nitrogens with two attached hydrogens (primary N) is 1. The van der Waals surface area contributed by atoms with Gasteiger partial charge in [0.1, 0.15) is 48.0 Å². The van der Waals surface area contributed by atoms with E-state index in [1.807, 2.05) is 13.8 Å². The lowest BCUT2D eigenvalue weighted by molar-refractivity contribution is -0.144. The van der Waals surface area contributed by atoms with Gasteiger partial charge in [0.2, 0.25) is 76.8 Å². The maximum atomic E-state index is 14.9. The molecule has 6 rings (SSSR count). The number of carboxylic acid groups (broad SMARTS) is 1. The van der Waals surface area contributed by atoms with Gasteiger partial charge in [0.15, 0.2) is 0 Å². The second kappa shape index (κ2) is 40.4. The number of amides is 13. The largest absolute Gasteiger partial charge is 0.508 e. The Morgan fingerprint density at radius 2 is 1.33 bits per heavy atom. The highest BCUT2D eigenvalue weighted by atomic mass is 33.1. The molecule has 4 saturated heterocycles. The first-order valence-corrected chi connectivity index (χ1v) is 37.8. The number of phenols is 1. The summed E-state index contributed by atoms with van der Waals surface area (Å²) >= 11 is 0. The van der Waals surface area contributed by atoms with Crippen LogP contribution in [0.15, 0.2) is 36.8 Å². The maximum absolute atomic E-state index is 14.9. The molecule has 4 aliphatic heterocycles. The van der Waals surface area contributed by atoms with Gasteiger partial charge in [-0.15, -0.1) is 0 Å². The Labute approximate surface area is 588 Å². The summed E-state index contributed by atoms with van der Waals surface area (Å²) < 4.78 is 0. The average Bonchev–Trinajstić information content (AvgIpc) is 1.69. The van der Waals surface area contributed by atoms with E-state index in [9.17, 15) is 82.4 Å². The molecule has 0 aliphatic carbocycles. The minimum atomic E-state index is -1.56. The van der Waals surface area contributed by atoms with Gasteiger partial charge in [0.25, 0.3) is 0 Å². The number of hydrogen-bond acceptors (Lipinski definition) is 22. The van der Waals surface area contributed by atoms with Crippen LogP contribution in [-0.2, 0) is 80.0 Å². The lowest BCUT2D eigenvalue weighted by atomic mass is 10.0. The topological polar surface area (TPSA) is 502 Å². The van der Waals surface area contributed by atoms with Crippen LogP contribution in [0.4, 0.5) is 0 Å². The van der Waals surface area contributed by atoms with Crippen molar-refractivity contribution in [2.24, 2.45) is 17.6 Å². The summed E-state index contributed by atoms with van der Waals surface area (Å²) in [5.74, 6) is -12.0. The molecule has 0 radical (unpaired) electrons. The number of fused-ring (bicyclic) bond motifs is 6. The van der Waals surface area contributed by atoms with Crippen molar-refractivity contribution in [3.05, 3.63) is 48.0 Å². The van der Waals surface area contributed by atoms with Crippen molar-refractivity contribution in [1.29, 1.82) is 0 Å². The number of H-pyrrole nitrogens is 1. The fourth-order valence-electron chi connectivity index (χ4n) is 11.2. The predicted octanol–water partition coefficient (Wildman–Crippen LogP) is -3.00. The lowest BCUT2D eigenvalue weighted by Gasteiger charge is -2.31. The van der Waals surface area contributed by atoms with Crippen molar-refractivity contribution in [1.82, 2.24) is 78.7 Å². The van der Waals surface area contributed by atoms with Gasteiger partial charge in [-0.2, -0.15) is 0 Å². The summed E-state index contributed by atoms with van der Waals surface area (Å²) in [4.78, 5) is 202. The Morgan fingerprint density at radius 1 is 0.687 bits per heavy atom. The molecule has 1 aromatic carbocycles. The Hall–Kier alpha value is -7.87. The molecular formula is C62H92N16O17S4. The second-order valence-electron chi connectivity index (χ2n) is 25.4. The number of aromatic nitrogens is 2. The number of aliphatic hydroxyl groups is 1. The van der Waals surface area contributed by atoms with Gasteiger partial charge < -0.3 is 94.7 Å². The SMILES string of the molecule is CC(C)C[C@@H]1NC(=O)[C@H](CCCCN)NC(=O)[C@H](Cc2ccc(O)cc2)NC(=O)CNC(=O)C[C@@H]2CSSC[C@H](CC(=O)N[C@@H](Cc3cnc[nH]3)C(=O)N3CC[C@H](O)[C@H]3C(=O)N[C@H](CC(=O)O)CSSC[C@H](NC(=O)[C@@H](NC(=O)CNC(=O)[C@@H]3CCC(=O)N3)C(C)C)CC(=O)N2)NC1=O. The summed E-state index contributed by atoms with van der Waals surface area (Å²) in [6.07, 6.45) is 0.0570. The average molecular weight is 1460 g/mol. The number of aliphatic hydroxyl groups excluding tert-OH is 1. The summed E-state index contributed by atoms with van der Waals surface area (Å²) in [5.41, 5.74) is 6.71. The molecule has 546 valence electrons. The number of nitrogens with one attached hydrogen (secondary N) is 13. The molecule has 18 N–H and O–H groups in total. The molecule has 2 aromatic rings. The highest BCUT2D eigenvalue weighted by molar-refractivity contribution is 8.77. The highest BCUT2D eigenvalue weighted by Gasteiger charge is 2.45. The number of aromatic hydroxyl groups is 1. The predicted molar refractivity (Wildman–Crippen MR) is 368 cm³/mol. The van der Waals surface area contributed by atoms with E-state index >= 15 is 0 Å². The van der Waals surface area contributed by atoms with E-state index in [2.05, 4.69) is 73.8 Å². The molecule has 13 amide bonds. The second-order valence-corrected chi connectivity index (χ2v) is 30.5. The monoisotopic (exact) mass is 1460 g/mol. The van der Waals surface area contributed by atoms with E-state index in [1.165, 1.54) is 36.8 Å². The van der Waals surface area contributed by atoms with Gasteiger partial charge in [-0.1, -0.05) is 83.0 Å². The van der Waals surface area contributed by atoms with Crippen LogP contribution in [-0.4, -0.2) is 235 Å². The van der Waals surface area contributed by atoms with Crippen molar-refractivity contribution in [3.63, 3.8) is 0 Å². The zero-order chi connectivity index (χ0) is 72.3. The number of benzene rings is 1. The summed E-state index contributed by atoms with van der Waals surface area (Å²) in [6.45, 7) is 5.75. The zero-order valence-electron chi connectivity index (χ0n) is 55.6. The Morgan fingerprint density at radius 3 is 1.99 bits per heavy atom. The van der Waals surface area contributed by atoms with Gasteiger partial charge in [0, 0.05) is 104 Å². The van der Waals surface area contributed by atoms with Crippen molar-refractivity contribution in [2.45, 2.75) is 184 Å². The van der Waals surface area contributed by atoms with Crippen molar-refractivity contribution in [2.75, 3.05) is 49.2 Å². The highest BCUT2D eigenvalue weighted by Crippen LogP contribution is 2.28. The van der Waals surface area contributed by atoms with Gasteiger partial charge in [-0.25, -0.2) is 4.98 Å². The van der Waals surface area contributed by atoms with E-state index in [0.717, 1.165) is 48.1 Å². The maximum Gasteiger partial charge on any atom is 0.305 e. The minimum absolute atomic E-state index is 0.0422. The Balaban J connectivity index is 1.38.